The van der Waals surface area contributed by atoms with E-state index in [1.54, 1.807) is 6.07 Å². The van der Waals surface area contributed by atoms with E-state index >= 15 is 0 Å². The lowest BCUT2D eigenvalue weighted by atomic mass is 9.80. The zero-order valence-electron chi connectivity index (χ0n) is 12.6. The highest BCUT2D eigenvalue weighted by Gasteiger charge is 2.33. The van der Waals surface area contributed by atoms with Crippen molar-refractivity contribution in [2.24, 2.45) is 5.92 Å². The van der Waals surface area contributed by atoms with Crippen LogP contribution in [0.4, 0.5) is 5.69 Å². The maximum absolute atomic E-state index is 12.3. The van der Waals surface area contributed by atoms with E-state index in [1.165, 1.54) is 12.1 Å². The molecule has 0 atom stereocenters. The van der Waals surface area contributed by atoms with Crippen molar-refractivity contribution in [1.29, 1.82) is 0 Å². The molecule has 0 saturated heterocycles. The molecule has 0 spiro atoms. The number of sulfonamides is 1. The summed E-state index contributed by atoms with van der Waals surface area (Å²) < 4.78 is 27.0. The normalized spacial score (nSPS) is 26.7. The van der Waals surface area contributed by atoms with Gasteiger partial charge in [-0.05, 0) is 56.2 Å². The van der Waals surface area contributed by atoms with Crippen molar-refractivity contribution in [3.05, 3.63) is 23.8 Å². The summed E-state index contributed by atoms with van der Waals surface area (Å²) in [4.78, 5) is 0.137. The van der Waals surface area contributed by atoms with Crippen LogP contribution in [0.25, 0.3) is 0 Å². The molecule has 0 heterocycles. The standard InChI is InChI=1S/C15H24N2O3S/c1-11-5-7-15(18,8-6-11)10-17-21(19,20)13-4-3-12(2)14(16)9-13/h3-4,9,11,17-18H,5-8,10,16H2,1-2H3. The molecule has 1 aliphatic rings. The SMILES string of the molecule is Cc1ccc(S(=O)(=O)NCC2(O)CCC(C)CC2)cc1N. The Morgan fingerprint density at radius 3 is 2.57 bits per heavy atom. The summed E-state index contributed by atoms with van der Waals surface area (Å²) >= 11 is 0. The summed E-state index contributed by atoms with van der Waals surface area (Å²) in [6.07, 6.45) is 3.12. The first-order valence-electron chi connectivity index (χ1n) is 7.30. The van der Waals surface area contributed by atoms with Gasteiger partial charge in [0.05, 0.1) is 10.5 Å². The Kier molecular flexibility index (Phi) is 4.60. The fourth-order valence-corrected chi connectivity index (χ4v) is 3.73. The van der Waals surface area contributed by atoms with Gasteiger partial charge in [-0.15, -0.1) is 0 Å². The number of nitrogens with one attached hydrogen (secondary N) is 1. The lowest BCUT2D eigenvalue weighted by Gasteiger charge is -2.34. The number of hydrogen-bond acceptors (Lipinski definition) is 4. The molecule has 1 aromatic rings. The minimum atomic E-state index is -3.64. The minimum absolute atomic E-state index is 0.0514. The molecule has 5 nitrogen and oxygen atoms in total. The van der Waals surface area contributed by atoms with E-state index in [0.717, 1.165) is 18.4 Å². The molecule has 0 amide bonds. The molecule has 0 bridgehead atoms. The molecule has 4 N–H and O–H groups in total. The van der Waals surface area contributed by atoms with Gasteiger partial charge in [-0.1, -0.05) is 13.0 Å². The van der Waals surface area contributed by atoms with Crippen LogP contribution in [0.3, 0.4) is 0 Å². The molecular weight excluding hydrogens is 288 g/mol. The highest BCUT2D eigenvalue weighted by molar-refractivity contribution is 7.89. The summed E-state index contributed by atoms with van der Waals surface area (Å²) in [5.41, 5.74) is 6.11. The Balaban J connectivity index is 2.06. The molecule has 0 aromatic heterocycles. The zero-order valence-corrected chi connectivity index (χ0v) is 13.4. The number of benzene rings is 1. The predicted molar refractivity (Wildman–Crippen MR) is 83.4 cm³/mol. The van der Waals surface area contributed by atoms with Gasteiger partial charge in [-0.25, -0.2) is 13.1 Å². The van der Waals surface area contributed by atoms with E-state index in [4.69, 9.17) is 5.73 Å². The van der Waals surface area contributed by atoms with Gasteiger partial charge < -0.3 is 10.8 Å². The van der Waals surface area contributed by atoms with Crippen molar-refractivity contribution < 1.29 is 13.5 Å². The van der Waals surface area contributed by atoms with Crippen LogP contribution in [0.5, 0.6) is 0 Å². The first-order valence-corrected chi connectivity index (χ1v) is 8.78. The predicted octanol–water partition coefficient (Wildman–Crippen LogP) is 1.80. The highest BCUT2D eigenvalue weighted by Crippen LogP contribution is 2.31. The van der Waals surface area contributed by atoms with E-state index in [2.05, 4.69) is 11.6 Å². The van der Waals surface area contributed by atoms with Gasteiger partial charge in [0.25, 0.3) is 0 Å². The van der Waals surface area contributed by atoms with Crippen LogP contribution in [-0.4, -0.2) is 25.7 Å². The summed E-state index contributed by atoms with van der Waals surface area (Å²) in [5, 5.41) is 10.4. The third kappa shape index (κ3) is 3.96. The number of hydrogen-bond donors (Lipinski definition) is 3. The molecule has 1 aromatic carbocycles. The van der Waals surface area contributed by atoms with Gasteiger partial charge in [-0.2, -0.15) is 0 Å². The van der Waals surface area contributed by atoms with Crippen LogP contribution in [0, 0.1) is 12.8 Å². The molecule has 2 rings (SSSR count). The Labute approximate surface area is 126 Å². The van der Waals surface area contributed by atoms with Gasteiger partial charge in [0, 0.05) is 12.2 Å². The fourth-order valence-electron chi connectivity index (χ4n) is 2.57. The molecule has 0 aliphatic heterocycles. The minimum Gasteiger partial charge on any atom is -0.398 e. The van der Waals surface area contributed by atoms with Gasteiger partial charge >= 0.3 is 0 Å². The van der Waals surface area contributed by atoms with Crippen molar-refractivity contribution in [2.45, 2.75) is 50.0 Å². The fraction of sp³-hybridized carbons (Fsp3) is 0.600. The van der Waals surface area contributed by atoms with Crippen LogP contribution >= 0.6 is 0 Å². The lowest BCUT2D eigenvalue weighted by molar-refractivity contribution is -0.00182. The summed E-state index contributed by atoms with van der Waals surface area (Å²) in [7, 11) is -3.64. The van der Waals surface area contributed by atoms with Crippen LogP contribution in [0.2, 0.25) is 0 Å². The van der Waals surface area contributed by atoms with Gasteiger partial charge in [0.2, 0.25) is 10.0 Å². The second-order valence-corrected chi connectivity index (χ2v) is 8.02. The molecular formula is C15H24N2O3S. The van der Waals surface area contributed by atoms with Gasteiger partial charge in [0.15, 0.2) is 0 Å². The van der Waals surface area contributed by atoms with E-state index in [9.17, 15) is 13.5 Å². The van der Waals surface area contributed by atoms with E-state index < -0.39 is 15.6 Å². The molecule has 0 unspecified atom stereocenters. The molecule has 118 valence electrons. The molecule has 21 heavy (non-hydrogen) atoms. The van der Waals surface area contributed by atoms with Crippen molar-refractivity contribution in [2.75, 3.05) is 12.3 Å². The van der Waals surface area contributed by atoms with E-state index in [1.807, 2.05) is 6.92 Å². The third-order valence-electron chi connectivity index (χ3n) is 4.36. The quantitative estimate of drug-likeness (QED) is 0.739. The molecule has 1 aliphatic carbocycles. The first-order chi connectivity index (χ1) is 9.72. The second-order valence-electron chi connectivity index (χ2n) is 6.25. The third-order valence-corrected chi connectivity index (χ3v) is 5.76. The number of nitrogens with two attached hydrogens (primary N) is 1. The Bertz CT molecular complexity index is 605. The second kappa shape index (κ2) is 5.94. The van der Waals surface area contributed by atoms with Crippen LogP contribution < -0.4 is 10.5 Å². The number of aryl methyl sites for hydroxylation is 1. The van der Waals surface area contributed by atoms with Crippen LogP contribution in [0.1, 0.15) is 38.2 Å². The first kappa shape index (κ1) is 16.3. The lowest BCUT2D eigenvalue weighted by Crippen LogP contribution is -2.45. The summed E-state index contributed by atoms with van der Waals surface area (Å²) in [5.74, 6) is 0.596. The largest absolute Gasteiger partial charge is 0.398 e. The molecule has 1 fully saturated rings. The highest BCUT2D eigenvalue weighted by atomic mass is 32.2. The van der Waals surface area contributed by atoms with Crippen LogP contribution in [-0.2, 0) is 10.0 Å². The topological polar surface area (TPSA) is 92.4 Å². The van der Waals surface area contributed by atoms with Gasteiger partial charge in [-0.3, -0.25) is 0 Å². The van der Waals surface area contributed by atoms with Crippen molar-refractivity contribution in [1.82, 2.24) is 4.72 Å². The molecule has 1 saturated carbocycles. The van der Waals surface area contributed by atoms with E-state index in [-0.39, 0.29) is 11.4 Å². The van der Waals surface area contributed by atoms with Crippen molar-refractivity contribution in [3.8, 4) is 0 Å². The number of anilines is 1. The Hall–Kier alpha value is -1.11. The number of rotatable bonds is 4. The smallest absolute Gasteiger partial charge is 0.240 e. The zero-order chi connectivity index (χ0) is 15.7. The summed E-state index contributed by atoms with van der Waals surface area (Å²) in [6, 6.07) is 4.66. The monoisotopic (exact) mass is 312 g/mol. The molecule has 6 heteroatoms. The number of nitrogen functional groups attached to an aromatic ring is 1. The van der Waals surface area contributed by atoms with Crippen molar-refractivity contribution in [3.63, 3.8) is 0 Å². The molecule has 0 radical (unpaired) electrons. The summed E-state index contributed by atoms with van der Waals surface area (Å²) in [6.45, 7) is 4.03. The average molecular weight is 312 g/mol. The maximum atomic E-state index is 12.3. The Morgan fingerprint density at radius 1 is 1.38 bits per heavy atom. The average Bonchev–Trinajstić information content (AvgIpc) is 2.43. The van der Waals surface area contributed by atoms with Crippen LogP contribution in [0.15, 0.2) is 23.1 Å². The van der Waals surface area contributed by atoms with Crippen molar-refractivity contribution >= 4 is 15.7 Å². The maximum Gasteiger partial charge on any atom is 0.240 e. The van der Waals surface area contributed by atoms with E-state index in [0.29, 0.717) is 24.4 Å². The number of aliphatic hydroxyl groups is 1. The Morgan fingerprint density at radius 2 is 2.00 bits per heavy atom. The van der Waals surface area contributed by atoms with Gasteiger partial charge in [0.1, 0.15) is 0 Å².